The van der Waals surface area contributed by atoms with Gasteiger partial charge in [-0.15, -0.1) is 11.3 Å². The van der Waals surface area contributed by atoms with E-state index in [0.717, 1.165) is 25.3 Å². The molecule has 0 saturated carbocycles. The van der Waals surface area contributed by atoms with E-state index in [2.05, 4.69) is 10.4 Å². The fourth-order valence-electron chi connectivity index (χ4n) is 2.05. The molecular weight excluding hydrogens is 222 g/mol. The Kier molecular flexibility index (Phi) is 4.32. The first-order valence-electron chi connectivity index (χ1n) is 5.93. The smallest absolute Gasteiger partial charge is 0.0931 e. The van der Waals surface area contributed by atoms with Crippen molar-refractivity contribution in [1.82, 2.24) is 4.98 Å². The van der Waals surface area contributed by atoms with E-state index >= 15 is 0 Å². The average Bonchev–Trinajstić information content (AvgIpc) is 2.66. The number of nitrogens with zero attached hydrogens (tertiary/aromatic N) is 1. The van der Waals surface area contributed by atoms with Gasteiger partial charge in [-0.25, -0.2) is 4.98 Å². The summed E-state index contributed by atoms with van der Waals surface area (Å²) in [4.78, 5) is 4.55. The summed E-state index contributed by atoms with van der Waals surface area (Å²) in [6.07, 6.45) is 3.83. The zero-order valence-electron chi connectivity index (χ0n) is 9.69. The Bertz CT molecular complexity index is 319. The van der Waals surface area contributed by atoms with Crippen LogP contribution in [-0.2, 0) is 17.6 Å². The zero-order chi connectivity index (χ0) is 11.4. The molecule has 0 aliphatic carbocycles. The fraction of sp³-hybridized carbons (Fsp3) is 0.750. The van der Waals surface area contributed by atoms with Crippen LogP contribution in [0.1, 0.15) is 30.5 Å². The molecule has 1 aliphatic heterocycles. The predicted molar refractivity (Wildman–Crippen MR) is 64.7 cm³/mol. The molecule has 4 heteroatoms. The van der Waals surface area contributed by atoms with Gasteiger partial charge < -0.3 is 9.84 Å². The van der Waals surface area contributed by atoms with Crippen LogP contribution in [0.3, 0.4) is 0 Å². The lowest BCUT2D eigenvalue weighted by atomic mass is 9.99. The summed E-state index contributed by atoms with van der Waals surface area (Å²) in [6.45, 7) is 3.60. The third-order valence-electron chi connectivity index (χ3n) is 2.82. The van der Waals surface area contributed by atoms with Crippen molar-refractivity contribution in [3.63, 3.8) is 0 Å². The van der Waals surface area contributed by atoms with E-state index in [9.17, 15) is 5.11 Å². The Morgan fingerprint density at radius 3 is 3.25 bits per heavy atom. The van der Waals surface area contributed by atoms with Gasteiger partial charge >= 0.3 is 0 Å². The molecule has 1 fully saturated rings. The van der Waals surface area contributed by atoms with Crippen molar-refractivity contribution in [3.05, 3.63) is 16.1 Å². The highest BCUT2D eigenvalue weighted by Gasteiger charge is 2.16. The fourth-order valence-corrected chi connectivity index (χ4v) is 2.98. The minimum atomic E-state index is -0.298. The molecular formula is C12H19NO2S. The maximum Gasteiger partial charge on any atom is 0.0931 e. The summed E-state index contributed by atoms with van der Waals surface area (Å²) >= 11 is 1.71. The number of ether oxygens (including phenoxy) is 1. The van der Waals surface area contributed by atoms with E-state index in [1.807, 2.05) is 0 Å². The lowest BCUT2D eigenvalue weighted by molar-refractivity contribution is 0.0550. The third-order valence-corrected chi connectivity index (χ3v) is 3.74. The molecule has 16 heavy (non-hydrogen) atoms. The first-order chi connectivity index (χ1) is 7.74. The van der Waals surface area contributed by atoms with Crippen LogP contribution < -0.4 is 0 Å². The van der Waals surface area contributed by atoms with E-state index in [1.54, 1.807) is 18.3 Å². The Hall–Kier alpha value is -0.450. The normalized spacial score (nSPS) is 23.2. The summed E-state index contributed by atoms with van der Waals surface area (Å²) in [6, 6.07) is 0. The standard InChI is InChI=1S/C12H19NO2S/c1-9(14)5-11-8-16-12(13-11)6-10-3-2-4-15-7-10/h8-10,14H,2-7H2,1H3. The van der Waals surface area contributed by atoms with E-state index in [-0.39, 0.29) is 6.10 Å². The SMILES string of the molecule is CC(O)Cc1csc(CC2CCCOC2)n1. The lowest BCUT2D eigenvalue weighted by Crippen LogP contribution is -2.19. The molecule has 2 atom stereocenters. The van der Waals surface area contributed by atoms with Crippen LogP contribution in [0.4, 0.5) is 0 Å². The number of aliphatic hydroxyl groups excluding tert-OH is 1. The summed E-state index contributed by atoms with van der Waals surface area (Å²) in [5, 5.41) is 12.5. The van der Waals surface area contributed by atoms with Gasteiger partial charge in [-0.05, 0) is 25.7 Å². The summed E-state index contributed by atoms with van der Waals surface area (Å²) in [7, 11) is 0. The monoisotopic (exact) mass is 241 g/mol. The molecule has 0 aromatic carbocycles. The third kappa shape index (κ3) is 3.54. The van der Waals surface area contributed by atoms with Gasteiger partial charge in [0.2, 0.25) is 0 Å². The molecule has 0 radical (unpaired) electrons. The molecule has 2 rings (SSSR count). The number of hydrogen-bond acceptors (Lipinski definition) is 4. The number of aliphatic hydroxyl groups is 1. The molecule has 1 aromatic heterocycles. The summed E-state index contributed by atoms with van der Waals surface area (Å²) in [5.41, 5.74) is 1.02. The number of rotatable bonds is 4. The van der Waals surface area contributed by atoms with E-state index in [0.29, 0.717) is 12.3 Å². The van der Waals surface area contributed by atoms with E-state index < -0.39 is 0 Å². The highest BCUT2D eigenvalue weighted by molar-refractivity contribution is 7.09. The molecule has 90 valence electrons. The van der Waals surface area contributed by atoms with Crippen molar-refractivity contribution < 1.29 is 9.84 Å². The first kappa shape index (κ1) is 12.0. The molecule has 1 saturated heterocycles. The maximum atomic E-state index is 9.28. The number of aromatic nitrogens is 1. The van der Waals surface area contributed by atoms with Crippen LogP contribution >= 0.6 is 11.3 Å². The van der Waals surface area contributed by atoms with Gasteiger partial charge in [0.15, 0.2) is 0 Å². The molecule has 2 unspecified atom stereocenters. The average molecular weight is 241 g/mol. The van der Waals surface area contributed by atoms with Crippen LogP contribution in [0, 0.1) is 5.92 Å². The van der Waals surface area contributed by atoms with Gasteiger partial charge in [0.25, 0.3) is 0 Å². The van der Waals surface area contributed by atoms with Crippen molar-refractivity contribution in [2.75, 3.05) is 13.2 Å². The van der Waals surface area contributed by atoms with E-state index in [4.69, 9.17) is 4.74 Å². The van der Waals surface area contributed by atoms with Crippen molar-refractivity contribution in [2.45, 2.75) is 38.7 Å². The van der Waals surface area contributed by atoms with Gasteiger partial charge in [-0.3, -0.25) is 0 Å². The molecule has 1 N–H and O–H groups in total. The van der Waals surface area contributed by atoms with E-state index in [1.165, 1.54) is 17.8 Å². The largest absolute Gasteiger partial charge is 0.393 e. The van der Waals surface area contributed by atoms with Gasteiger partial charge in [0.1, 0.15) is 0 Å². The van der Waals surface area contributed by atoms with Crippen molar-refractivity contribution in [3.8, 4) is 0 Å². The number of hydrogen-bond donors (Lipinski definition) is 1. The summed E-state index contributed by atoms with van der Waals surface area (Å²) < 4.78 is 5.46. The van der Waals surface area contributed by atoms with Crippen LogP contribution in [0.5, 0.6) is 0 Å². The summed E-state index contributed by atoms with van der Waals surface area (Å²) in [5.74, 6) is 0.638. The zero-order valence-corrected chi connectivity index (χ0v) is 10.5. The predicted octanol–water partition coefficient (Wildman–Crippen LogP) is 2.04. The highest BCUT2D eigenvalue weighted by Crippen LogP contribution is 2.21. The van der Waals surface area contributed by atoms with Crippen molar-refractivity contribution in [2.24, 2.45) is 5.92 Å². The van der Waals surface area contributed by atoms with Gasteiger partial charge in [-0.1, -0.05) is 0 Å². The van der Waals surface area contributed by atoms with Crippen LogP contribution in [0.25, 0.3) is 0 Å². The lowest BCUT2D eigenvalue weighted by Gasteiger charge is -2.20. The Balaban J connectivity index is 1.86. The van der Waals surface area contributed by atoms with Crippen molar-refractivity contribution in [1.29, 1.82) is 0 Å². The van der Waals surface area contributed by atoms with Crippen LogP contribution in [-0.4, -0.2) is 29.4 Å². The molecule has 2 heterocycles. The topological polar surface area (TPSA) is 42.4 Å². The molecule has 0 bridgehead atoms. The van der Waals surface area contributed by atoms with Gasteiger partial charge in [0.05, 0.1) is 16.8 Å². The molecule has 1 aromatic rings. The van der Waals surface area contributed by atoms with Gasteiger partial charge in [0, 0.05) is 31.4 Å². The Morgan fingerprint density at radius 2 is 2.56 bits per heavy atom. The van der Waals surface area contributed by atoms with Crippen LogP contribution in [0.15, 0.2) is 5.38 Å². The van der Waals surface area contributed by atoms with Gasteiger partial charge in [-0.2, -0.15) is 0 Å². The minimum absolute atomic E-state index is 0.298. The molecule has 1 aliphatic rings. The molecule has 3 nitrogen and oxygen atoms in total. The highest BCUT2D eigenvalue weighted by atomic mass is 32.1. The maximum absolute atomic E-state index is 9.28. The Morgan fingerprint density at radius 1 is 1.69 bits per heavy atom. The Labute approximate surface area is 100 Å². The second-order valence-corrected chi connectivity index (χ2v) is 5.52. The molecule has 0 spiro atoms. The van der Waals surface area contributed by atoms with Crippen molar-refractivity contribution >= 4 is 11.3 Å². The second-order valence-electron chi connectivity index (χ2n) is 4.57. The first-order valence-corrected chi connectivity index (χ1v) is 6.81. The van der Waals surface area contributed by atoms with Crippen LogP contribution in [0.2, 0.25) is 0 Å². The second kappa shape index (κ2) is 5.75. The molecule has 0 amide bonds. The quantitative estimate of drug-likeness (QED) is 0.877. The number of thiazole rings is 1. The minimum Gasteiger partial charge on any atom is -0.393 e.